The molecule has 3 aromatic carbocycles. The molecule has 0 unspecified atom stereocenters. The van der Waals surface area contributed by atoms with Gasteiger partial charge in [-0.2, -0.15) is 0 Å². The Hall–Kier alpha value is -3.42. The number of amides is 1. The third kappa shape index (κ3) is 4.88. The minimum absolute atomic E-state index is 0.0267. The number of nitrogens with one attached hydrogen (secondary N) is 1. The monoisotopic (exact) mass is 513 g/mol. The Kier molecular flexibility index (Phi) is 6.93. The van der Waals surface area contributed by atoms with Gasteiger partial charge in [-0.15, -0.1) is 0 Å². The Morgan fingerprint density at radius 1 is 0.947 bits per heavy atom. The Labute approximate surface area is 224 Å². The fourth-order valence-corrected chi connectivity index (χ4v) is 5.00. The van der Waals surface area contributed by atoms with Crippen LogP contribution in [-0.4, -0.2) is 37.6 Å². The molecule has 0 spiro atoms. The molecule has 38 heavy (non-hydrogen) atoms. The third-order valence-corrected chi connectivity index (χ3v) is 7.99. The summed E-state index contributed by atoms with van der Waals surface area (Å²) >= 11 is 0. The number of carbonyl (C=O) groups is 1. The molecular weight excluding hydrogens is 480 g/mol. The topological polar surface area (TPSA) is 56.8 Å². The molecule has 0 saturated carbocycles. The van der Waals surface area contributed by atoms with Gasteiger partial charge in [0.2, 0.25) is 0 Å². The van der Waals surface area contributed by atoms with Crippen LogP contribution in [0.2, 0.25) is 0 Å². The van der Waals surface area contributed by atoms with E-state index in [4.69, 9.17) is 14.0 Å². The molecule has 1 saturated heterocycles. The molecule has 1 fully saturated rings. The van der Waals surface area contributed by atoms with E-state index in [1.807, 2.05) is 64.1 Å². The highest BCUT2D eigenvalue weighted by Crippen LogP contribution is 2.44. The average molecular weight is 513 g/mol. The first-order chi connectivity index (χ1) is 18.1. The van der Waals surface area contributed by atoms with Crippen molar-refractivity contribution < 1.29 is 23.2 Å². The highest BCUT2D eigenvalue weighted by molar-refractivity contribution is 6.56. The molecule has 7 heteroatoms. The second kappa shape index (κ2) is 10.0. The second-order valence-electron chi connectivity index (χ2n) is 10.9. The lowest BCUT2D eigenvalue weighted by molar-refractivity contribution is 0.00578. The van der Waals surface area contributed by atoms with Gasteiger partial charge in [0.15, 0.2) is 0 Å². The number of fused-ring (bicyclic) bond motifs is 3. The molecule has 0 aromatic heterocycles. The molecule has 5 nitrogen and oxygen atoms in total. The summed E-state index contributed by atoms with van der Waals surface area (Å²) in [6.07, 6.45) is 1.29. The van der Waals surface area contributed by atoms with E-state index in [1.165, 1.54) is 17.2 Å². The molecule has 5 rings (SSSR count). The van der Waals surface area contributed by atoms with Crippen molar-refractivity contribution in [3.8, 4) is 11.1 Å². The van der Waals surface area contributed by atoms with Gasteiger partial charge in [-0.1, -0.05) is 66.7 Å². The zero-order valence-electron chi connectivity index (χ0n) is 22.5. The first-order valence-corrected chi connectivity index (χ1v) is 13.0. The van der Waals surface area contributed by atoms with Crippen LogP contribution in [0, 0.1) is 12.7 Å². The third-order valence-electron chi connectivity index (χ3n) is 7.99. The summed E-state index contributed by atoms with van der Waals surface area (Å²) in [5, 5.41) is 2.86. The van der Waals surface area contributed by atoms with E-state index < -0.39 is 24.4 Å². The highest BCUT2D eigenvalue weighted by atomic mass is 19.1. The van der Waals surface area contributed by atoms with Gasteiger partial charge >= 0.3 is 13.2 Å². The Morgan fingerprint density at radius 2 is 1.53 bits per heavy atom. The predicted molar refractivity (Wildman–Crippen MR) is 148 cm³/mol. The van der Waals surface area contributed by atoms with Crippen molar-refractivity contribution in [1.29, 1.82) is 0 Å². The fourth-order valence-electron chi connectivity index (χ4n) is 5.00. The lowest BCUT2D eigenvalue weighted by atomic mass is 9.76. The van der Waals surface area contributed by atoms with E-state index >= 15 is 0 Å². The summed E-state index contributed by atoms with van der Waals surface area (Å²) in [6.45, 7) is 9.95. The van der Waals surface area contributed by atoms with Gasteiger partial charge in [-0.3, -0.25) is 0 Å². The molecule has 1 N–H and O–H groups in total. The number of hydrogen-bond acceptors (Lipinski definition) is 4. The van der Waals surface area contributed by atoms with Crippen molar-refractivity contribution in [1.82, 2.24) is 5.32 Å². The Morgan fingerprint density at radius 3 is 2.13 bits per heavy atom. The van der Waals surface area contributed by atoms with Crippen LogP contribution in [0.4, 0.5) is 9.18 Å². The van der Waals surface area contributed by atoms with Gasteiger partial charge in [0.25, 0.3) is 0 Å². The number of halogens is 1. The van der Waals surface area contributed by atoms with Crippen LogP contribution in [0.5, 0.6) is 0 Å². The maximum Gasteiger partial charge on any atom is 0.492 e. The summed E-state index contributed by atoms with van der Waals surface area (Å²) in [4.78, 5) is 12.9. The van der Waals surface area contributed by atoms with Crippen LogP contribution in [0.15, 0.2) is 72.2 Å². The Bertz CT molecular complexity index is 1340. The van der Waals surface area contributed by atoms with Crippen LogP contribution in [-0.2, 0) is 14.0 Å². The fraction of sp³-hybridized carbons (Fsp3) is 0.323. The van der Waals surface area contributed by atoms with Gasteiger partial charge in [0, 0.05) is 12.5 Å². The molecule has 1 amide bonds. The summed E-state index contributed by atoms with van der Waals surface area (Å²) in [7, 11) is -0.698. The van der Waals surface area contributed by atoms with Gasteiger partial charge in [-0.05, 0) is 79.5 Å². The first-order valence-electron chi connectivity index (χ1n) is 13.0. The van der Waals surface area contributed by atoms with Crippen molar-refractivity contribution in [2.24, 2.45) is 0 Å². The SMILES string of the molecule is Cc1c(F)cccc1C=C(CNC(=O)OCC1c2ccccc2-c2ccccc21)B1OC(C)(C)C(C)(C)O1. The zero-order chi connectivity index (χ0) is 27.1. The summed E-state index contributed by atoms with van der Waals surface area (Å²) in [6, 6.07) is 21.4. The minimum Gasteiger partial charge on any atom is -0.449 e. The van der Waals surface area contributed by atoms with Gasteiger partial charge in [0.05, 0.1) is 11.2 Å². The van der Waals surface area contributed by atoms with Crippen LogP contribution in [0.1, 0.15) is 55.9 Å². The van der Waals surface area contributed by atoms with E-state index in [2.05, 4.69) is 29.6 Å². The molecule has 1 aliphatic carbocycles. The van der Waals surface area contributed by atoms with Crippen molar-refractivity contribution in [2.45, 2.75) is 51.7 Å². The lowest BCUT2D eigenvalue weighted by Gasteiger charge is -2.32. The number of carbonyl (C=O) groups excluding carboxylic acids is 1. The minimum atomic E-state index is -0.698. The standard InChI is InChI=1S/C31H33BFNO4/c1-20-21(11-10-16-28(20)33)17-22(32-37-30(2,3)31(4,5)38-32)18-34-29(35)36-19-27-25-14-8-6-12-23(25)24-13-7-9-15-26(24)27/h6-17,27H,18-19H2,1-5H3,(H,34,35). The van der Waals surface area contributed by atoms with Crippen LogP contribution < -0.4 is 5.32 Å². The number of rotatable bonds is 6. The maximum absolute atomic E-state index is 14.2. The molecule has 196 valence electrons. The molecular formula is C31H33BFNO4. The van der Waals surface area contributed by atoms with Crippen molar-refractivity contribution in [3.63, 3.8) is 0 Å². The molecule has 1 heterocycles. The predicted octanol–water partition coefficient (Wildman–Crippen LogP) is 6.69. The molecule has 3 aromatic rings. The van der Waals surface area contributed by atoms with Crippen molar-refractivity contribution in [2.75, 3.05) is 13.2 Å². The van der Waals surface area contributed by atoms with Crippen molar-refractivity contribution >= 4 is 19.3 Å². The number of benzene rings is 3. The summed E-state index contributed by atoms with van der Waals surface area (Å²) < 4.78 is 32.4. The smallest absolute Gasteiger partial charge is 0.449 e. The summed E-state index contributed by atoms with van der Waals surface area (Å²) in [5.74, 6) is -0.322. The zero-order valence-corrected chi connectivity index (χ0v) is 22.5. The molecule has 2 aliphatic rings. The van der Waals surface area contributed by atoms with Gasteiger partial charge in [-0.25, -0.2) is 9.18 Å². The second-order valence-corrected chi connectivity index (χ2v) is 10.9. The van der Waals surface area contributed by atoms with Crippen molar-refractivity contribution in [3.05, 3.63) is 100 Å². The molecule has 0 bridgehead atoms. The Balaban J connectivity index is 1.31. The van der Waals surface area contributed by atoms with Gasteiger partial charge in [0.1, 0.15) is 12.4 Å². The quantitative estimate of drug-likeness (QED) is 0.374. The molecule has 1 aliphatic heterocycles. The maximum atomic E-state index is 14.2. The summed E-state index contributed by atoms with van der Waals surface area (Å²) in [5.41, 5.74) is 5.43. The number of alkyl carbamates (subject to hydrolysis) is 1. The van der Waals surface area contributed by atoms with E-state index in [0.717, 1.165) is 11.1 Å². The van der Waals surface area contributed by atoms with Crippen LogP contribution in [0.25, 0.3) is 17.2 Å². The van der Waals surface area contributed by atoms with E-state index in [0.29, 0.717) is 16.6 Å². The van der Waals surface area contributed by atoms with Gasteiger partial charge < -0.3 is 19.4 Å². The van der Waals surface area contributed by atoms with Crippen LogP contribution >= 0.6 is 0 Å². The van der Waals surface area contributed by atoms with Crippen LogP contribution in [0.3, 0.4) is 0 Å². The number of hydrogen-bond donors (Lipinski definition) is 1. The normalized spacial score (nSPS) is 17.7. The van der Waals surface area contributed by atoms with E-state index in [-0.39, 0.29) is 24.9 Å². The first kappa shape index (κ1) is 26.2. The van der Waals surface area contributed by atoms with E-state index in [1.54, 1.807) is 13.0 Å². The van der Waals surface area contributed by atoms with E-state index in [9.17, 15) is 9.18 Å². The molecule has 0 atom stereocenters. The number of ether oxygens (including phenoxy) is 1. The largest absolute Gasteiger partial charge is 0.492 e. The lowest BCUT2D eigenvalue weighted by Crippen LogP contribution is -2.41. The average Bonchev–Trinajstić information content (AvgIpc) is 3.32. The molecule has 0 radical (unpaired) electrons. The highest BCUT2D eigenvalue weighted by Gasteiger charge is 2.52.